The predicted octanol–water partition coefficient (Wildman–Crippen LogP) is 4.02. The molecule has 0 radical (unpaired) electrons. The fourth-order valence-electron chi connectivity index (χ4n) is 4.57. The second-order valence-corrected chi connectivity index (χ2v) is 9.13. The Morgan fingerprint density at radius 2 is 1.83 bits per heavy atom. The SMILES string of the molecule is CN(C)c1ncc(-c2ccccc2)c([C@@H]2CCCN(C(=O)c3cccc(-c4cnn(C)c4)n3)C2)n1. The van der Waals surface area contributed by atoms with Crippen molar-refractivity contribution in [2.45, 2.75) is 18.8 Å². The number of carbonyl (C=O) groups excluding carboxylic acids is 1. The number of aryl methyl sites for hydroxylation is 1. The van der Waals surface area contributed by atoms with Gasteiger partial charge in [-0.3, -0.25) is 9.48 Å². The molecule has 0 bridgehead atoms. The Morgan fingerprint density at radius 3 is 2.57 bits per heavy atom. The van der Waals surface area contributed by atoms with Gasteiger partial charge < -0.3 is 9.80 Å². The summed E-state index contributed by atoms with van der Waals surface area (Å²) in [6, 6.07) is 15.8. The normalized spacial score (nSPS) is 15.7. The van der Waals surface area contributed by atoms with Gasteiger partial charge in [0.25, 0.3) is 5.91 Å². The van der Waals surface area contributed by atoms with Gasteiger partial charge in [-0.25, -0.2) is 15.0 Å². The Morgan fingerprint density at radius 1 is 1.00 bits per heavy atom. The van der Waals surface area contributed by atoms with Crippen LogP contribution in [0.15, 0.2) is 67.1 Å². The number of anilines is 1. The van der Waals surface area contributed by atoms with Crippen LogP contribution in [0.5, 0.6) is 0 Å². The molecule has 1 aliphatic rings. The van der Waals surface area contributed by atoms with Gasteiger partial charge in [0.1, 0.15) is 5.69 Å². The molecular formula is C27H29N7O. The summed E-state index contributed by atoms with van der Waals surface area (Å²) in [5.41, 5.74) is 5.18. The van der Waals surface area contributed by atoms with Gasteiger partial charge in [0.05, 0.1) is 17.6 Å². The Balaban J connectivity index is 1.44. The van der Waals surface area contributed by atoms with Gasteiger partial charge in [-0.1, -0.05) is 36.4 Å². The van der Waals surface area contributed by atoms with Crippen LogP contribution in [0.4, 0.5) is 5.95 Å². The van der Waals surface area contributed by atoms with Gasteiger partial charge in [0.2, 0.25) is 5.95 Å². The molecule has 4 aromatic rings. The van der Waals surface area contributed by atoms with Gasteiger partial charge in [-0.05, 0) is 30.5 Å². The maximum Gasteiger partial charge on any atom is 0.272 e. The second kappa shape index (κ2) is 9.66. The summed E-state index contributed by atoms with van der Waals surface area (Å²) < 4.78 is 1.73. The van der Waals surface area contributed by atoms with Crippen LogP contribution in [0.1, 0.15) is 34.9 Å². The third-order valence-corrected chi connectivity index (χ3v) is 6.35. The molecule has 0 unspecified atom stereocenters. The maximum absolute atomic E-state index is 13.5. The average molecular weight is 468 g/mol. The summed E-state index contributed by atoms with van der Waals surface area (Å²) in [4.78, 5) is 31.5. The number of aromatic nitrogens is 5. The highest BCUT2D eigenvalue weighted by atomic mass is 16.2. The van der Waals surface area contributed by atoms with Crippen LogP contribution in [0.3, 0.4) is 0 Å². The topological polar surface area (TPSA) is 80.0 Å². The van der Waals surface area contributed by atoms with E-state index in [1.165, 1.54) is 0 Å². The summed E-state index contributed by atoms with van der Waals surface area (Å²) in [6.45, 7) is 1.31. The Labute approximate surface area is 205 Å². The molecule has 0 aliphatic carbocycles. The monoisotopic (exact) mass is 467 g/mol. The summed E-state index contributed by atoms with van der Waals surface area (Å²) in [5.74, 6) is 0.740. The molecule has 5 rings (SSSR count). The number of nitrogens with zero attached hydrogens (tertiary/aromatic N) is 7. The van der Waals surface area contributed by atoms with Crippen molar-refractivity contribution < 1.29 is 4.79 Å². The smallest absolute Gasteiger partial charge is 0.272 e. The highest BCUT2D eigenvalue weighted by Crippen LogP contribution is 2.34. The Kier molecular flexibility index (Phi) is 6.27. The number of carbonyl (C=O) groups is 1. The fraction of sp³-hybridized carbons (Fsp3) is 0.296. The molecule has 0 saturated carbocycles. The Hall–Kier alpha value is -4.07. The number of rotatable bonds is 5. The van der Waals surface area contributed by atoms with E-state index in [9.17, 15) is 4.79 Å². The van der Waals surface area contributed by atoms with E-state index in [0.29, 0.717) is 24.7 Å². The molecule has 1 saturated heterocycles. The molecule has 4 heterocycles. The van der Waals surface area contributed by atoms with Crippen molar-refractivity contribution in [1.29, 1.82) is 0 Å². The van der Waals surface area contributed by atoms with E-state index in [1.807, 2.05) is 73.7 Å². The maximum atomic E-state index is 13.5. The zero-order valence-electron chi connectivity index (χ0n) is 20.3. The van der Waals surface area contributed by atoms with E-state index in [0.717, 1.165) is 40.9 Å². The quantitative estimate of drug-likeness (QED) is 0.441. The van der Waals surface area contributed by atoms with Gasteiger partial charge >= 0.3 is 0 Å². The molecule has 1 atom stereocenters. The zero-order valence-corrected chi connectivity index (χ0v) is 20.3. The van der Waals surface area contributed by atoms with Crippen LogP contribution in [-0.2, 0) is 7.05 Å². The van der Waals surface area contributed by atoms with Crippen molar-refractivity contribution >= 4 is 11.9 Å². The second-order valence-electron chi connectivity index (χ2n) is 9.13. The molecule has 8 heteroatoms. The predicted molar refractivity (Wildman–Crippen MR) is 136 cm³/mol. The van der Waals surface area contributed by atoms with Crippen LogP contribution < -0.4 is 4.90 Å². The van der Waals surface area contributed by atoms with Crippen molar-refractivity contribution in [3.05, 3.63) is 78.5 Å². The molecule has 8 nitrogen and oxygen atoms in total. The van der Waals surface area contributed by atoms with Gasteiger partial charge in [0, 0.05) is 63.7 Å². The molecule has 1 amide bonds. The number of pyridine rings is 1. The first kappa shape index (κ1) is 22.7. The van der Waals surface area contributed by atoms with Crippen molar-refractivity contribution in [3.8, 4) is 22.4 Å². The molecule has 0 N–H and O–H groups in total. The third-order valence-electron chi connectivity index (χ3n) is 6.35. The number of hydrogen-bond acceptors (Lipinski definition) is 6. The minimum Gasteiger partial charge on any atom is -0.347 e. The number of amides is 1. The van der Waals surface area contributed by atoms with E-state index < -0.39 is 0 Å². The first-order chi connectivity index (χ1) is 17.0. The lowest BCUT2D eigenvalue weighted by atomic mass is 9.89. The molecule has 1 aliphatic heterocycles. The molecule has 0 spiro atoms. The van der Waals surface area contributed by atoms with Gasteiger partial charge in [0.15, 0.2) is 0 Å². The number of piperidine rings is 1. The highest BCUT2D eigenvalue weighted by Gasteiger charge is 2.29. The van der Waals surface area contributed by atoms with Crippen molar-refractivity contribution in [1.82, 2.24) is 29.6 Å². The molecule has 3 aromatic heterocycles. The largest absolute Gasteiger partial charge is 0.347 e. The van der Waals surface area contributed by atoms with Crippen LogP contribution in [0.25, 0.3) is 22.4 Å². The lowest BCUT2D eigenvalue weighted by Gasteiger charge is -2.33. The molecular weight excluding hydrogens is 438 g/mol. The number of benzene rings is 1. The Bertz CT molecular complexity index is 1330. The van der Waals surface area contributed by atoms with Crippen LogP contribution in [0.2, 0.25) is 0 Å². The summed E-state index contributed by atoms with van der Waals surface area (Å²) in [5, 5.41) is 4.22. The summed E-state index contributed by atoms with van der Waals surface area (Å²) >= 11 is 0. The minimum atomic E-state index is -0.0522. The average Bonchev–Trinajstić information content (AvgIpc) is 3.35. The van der Waals surface area contributed by atoms with Crippen LogP contribution >= 0.6 is 0 Å². The highest BCUT2D eigenvalue weighted by molar-refractivity contribution is 5.93. The zero-order chi connectivity index (χ0) is 24.4. The van der Waals surface area contributed by atoms with E-state index in [1.54, 1.807) is 16.9 Å². The van der Waals surface area contributed by atoms with Crippen molar-refractivity contribution in [3.63, 3.8) is 0 Å². The van der Waals surface area contributed by atoms with Crippen molar-refractivity contribution in [2.24, 2.45) is 7.05 Å². The third kappa shape index (κ3) is 4.77. The first-order valence-electron chi connectivity index (χ1n) is 11.8. The molecule has 1 fully saturated rings. The number of likely N-dealkylation sites (tertiary alicyclic amines) is 1. The van der Waals surface area contributed by atoms with E-state index >= 15 is 0 Å². The van der Waals surface area contributed by atoms with E-state index in [-0.39, 0.29) is 11.8 Å². The summed E-state index contributed by atoms with van der Waals surface area (Å²) in [7, 11) is 5.75. The lowest BCUT2D eigenvalue weighted by Crippen LogP contribution is -2.40. The van der Waals surface area contributed by atoms with Gasteiger partial charge in [-0.2, -0.15) is 5.10 Å². The standard InChI is InChI=1S/C27H29N7O/c1-32(2)27-28-16-22(19-9-5-4-6-10-19)25(31-27)20-11-8-14-34(18-20)26(35)24-13-7-12-23(30-24)21-15-29-33(3)17-21/h4-7,9-10,12-13,15-17,20H,8,11,14,18H2,1-3H3/t20-/m1/s1. The van der Waals surface area contributed by atoms with Crippen molar-refractivity contribution in [2.75, 3.05) is 32.1 Å². The van der Waals surface area contributed by atoms with E-state index in [2.05, 4.69) is 27.2 Å². The summed E-state index contributed by atoms with van der Waals surface area (Å²) in [6.07, 6.45) is 7.45. The van der Waals surface area contributed by atoms with Gasteiger partial charge in [-0.15, -0.1) is 0 Å². The minimum absolute atomic E-state index is 0.0522. The molecule has 35 heavy (non-hydrogen) atoms. The molecule has 1 aromatic carbocycles. The number of hydrogen-bond donors (Lipinski definition) is 0. The molecule has 178 valence electrons. The van der Waals surface area contributed by atoms with Crippen LogP contribution in [0, 0.1) is 0 Å². The van der Waals surface area contributed by atoms with Crippen LogP contribution in [-0.4, -0.2) is 62.7 Å². The first-order valence-corrected chi connectivity index (χ1v) is 11.8. The van der Waals surface area contributed by atoms with E-state index in [4.69, 9.17) is 4.98 Å². The fourth-order valence-corrected chi connectivity index (χ4v) is 4.57. The lowest BCUT2D eigenvalue weighted by molar-refractivity contribution is 0.0700.